The molecule has 0 aliphatic carbocycles. The van der Waals surface area contributed by atoms with Gasteiger partial charge >= 0.3 is 0 Å². The lowest BCUT2D eigenvalue weighted by molar-refractivity contribution is 0.0959. The predicted molar refractivity (Wildman–Crippen MR) is 54.2 cm³/mol. The maximum atomic E-state index is 11.2. The highest BCUT2D eigenvalue weighted by atomic mass is 127. The van der Waals surface area contributed by atoms with E-state index in [0.717, 1.165) is 3.57 Å². The monoisotopic (exact) mass is 277 g/mol. The van der Waals surface area contributed by atoms with Crippen molar-refractivity contribution in [3.05, 3.63) is 27.3 Å². The van der Waals surface area contributed by atoms with E-state index in [1.54, 1.807) is 12.1 Å². The second-order valence-corrected chi connectivity index (χ2v) is 3.38. The Labute approximate surface area is 83.9 Å². The number of phenols is 1. The predicted octanol–water partition coefficient (Wildman–Crippen LogP) is 1.36. The molecule has 0 aromatic heterocycles. The first-order valence-electron chi connectivity index (χ1n) is 3.36. The molecule has 0 heterocycles. The topological polar surface area (TPSA) is 49.3 Å². The van der Waals surface area contributed by atoms with Crippen LogP contribution in [0.1, 0.15) is 10.4 Å². The summed E-state index contributed by atoms with van der Waals surface area (Å²) in [6, 6.07) is 4.96. The Kier molecular flexibility index (Phi) is 2.91. The number of aromatic hydroxyl groups is 1. The molecular weight excluding hydrogens is 269 g/mol. The fourth-order valence-electron chi connectivity index (χ4n) is 0.863. The van der Waals surface area contributed by atoms with Crippen LogP contribution in [0.25, 0.3) is 0 Å². The second kappa shape index (κ2) is 3.75. The van der Waals surface area contributed by atoms with Crippen LogP contribution in [0.2, 0.25) is 0 Å². The molecule has 0 atom stereocenters. The third-order valence-corrected chi connectivity index (χ3v) is 2.34. The molecule has 0 unspecified atom stereocenters. The number of carbonyl (C=O) groups excluding carboxylic acids is 1. The lowest BCUT2D eigenvalue weighted by atomic mass is 10.2. The number of phenolic OH excluding ortho intramolecular Hbond substituents is 1. The summed E-state index contributed by atoms with van der Waals surface area (Å²) in [4.78, 5) is 11.2. The maximum Gasteiger partial charge on any atom is 0.255 e. The second-order valence-electron chi connectivity index (χ2n) is 2.21. The van der Waals surface area contributed by atoms with Crippen molar-refractivity contribution in [3.63, 3.8) is 0 Å². The zero-order valence-electron chi connectivity index (χ0n) is 6.47. The summed E-state index contributed by atoms with van der Waals surface area (Å²) in [6.45, 7) is 0. The molecule has 1 rings (SSSR count). The van der Waals surface area contributed by atoms with Crippen molar-refractivity contribution in [3.8, 4) is 5.75 Å². The van der Waals surface area contributed by atoms with E-state index < -0.39 is 0 Å². The van der Waals surface area contributed by atoms with Gasteiger partial charge in [-0.1, -0.05) is 6.07 Å². The van der Waals surface area contributed by atoms with Gasteiger partial charge in [0.15, 0.2) is 0 Å². The highest BCUT2D eigenvalue weighted by Crippen LogP contribution is 2.21. The van der Waals surface area contributed by atoms with E-state index in [4.69, 9.17) is 0 Å². The minimum Gasteiger partial charge on any atom is -0.507 e. The molecule has 3 nitrogen and oxygen atoms in total. The van der Waals surface area contributed by atoms with E-state index in [1.807, 2.05) is 22.6 Å². The van der Waals surface area contributed by atoms with Crippen LogP contribution in [0.15, 0.2) is 18.2 Å². The summed E-state index contributed by atoms with van der Waals surface area (Å²) in [7, 11) is 1.53. The average molecular weight is 277 g/mol. The van der Waals surface area contributed by atoms with Crippen molar-refractivity contribution < 1.29 is 9.90 Å². The Morgan fingerprint density at radius 3 is 2.75 bits per heavy atom. The Morgan fingerprint density at radius 1 is 1.58 bits per heavy atom. The number of amides is 1. The third-order valence-electron chi connectivity index (χ3n) is 1.45. The molecule has 12 heavy (non-hydrogen) atoms. The van der Waals surface area contributed by atoms with E-state index in [9.17, 15) is 9.90 Å². The molecule has 0 radical (unpaired) electrons. The highest BCUT2D eigenvalue weighted by Gasteiger charge is 2.12. The van der Waals surface area contributed by atoms with Crippen molar-refractivity contribution in [2.45, 2.75) is 0 Å². The number of hydrogen-bond donors (Lipinski definition) is 2. The summed E-state index contributed by atoms with van der Waals surface area (Å²) in [5.74, 6) is -0.251. The Hall–Kier alpha value is -0.780. The van der Waals surface area contributed by atoms with Gasteiger partial charge < -0.3 is 10.4 Å². The van der Waals surface area contributed by atoms with Gasteiger partial charge in [0.1, 0.15) is 5.75 Å². The van der Waals surface area contributed by atoms with E-state index in [0.29, 0.717) is 5.56 Å². The lowest BCUT2D eigenvalue weighted by Gasteiger charge is -2.04. The van der Waals surface area contributed by atoms with Crippen LogP contribution in [-0.4, -0.2) is 18.1 Å². The largest absolute Gasteiger partial charge is 0.507 e. The molecule has 0 aliphatic rings. The van der Waals surface area contributed by atoms with Gasteiger partial charge in [0, 0.05) is 10.6 Å². The summed E-state index contributed by atoms with van der Waals surface area (Å²) in [6.07, 6.45) is 0. The summed E-state index contributed by atoms with van der Waals surface area (Å²) >= 11 is 2.00. The molecule has 0 saturated carbocycles. The molecule has 0 spiro atoms. The Morgan fingerprint density at radius 2 is 2.25 bits per heavy atom. The van der Waals surface area contributed by atoms with Crippen molar-refractivity contribution in [2.24, 2.45) is 0 Å². The summed E-state index contributed by atoms with van der Waals surface area (Å²) in [5, 5.41) is 11.8. The van der Waals surface area contributed by atoms with E-state index in [2.05, 4.69) is 5.32 Å². The lowest BCUT2D eigenvalue weighted by Crippen LogP contribution is -2.19. The summed E-state index contributed by atoms with van der Waals surface area (Å²) in [5.41, 5.74) is 0.334. The Balaban J connectivity index is 3.21. The van der Waals surface area contributed by atoms with Gasteiger partial charge in [-0.05, 0) is 34.7 Å². The quantitative estimate of drug-likeness (QED) is 0.761. The molecule has 1 aromatic carbocycles. The van der Waals surface area contributed by atoms with Gasteiger partial charge in [-0.25, -0.2) is 0 Å². The average Bonchev–Trinajstić information content (AvgIpc) is 2.03. The molecule has 64 valence electrons. The van der Waals surface area contributed by atoms with Gasteiger partial charge in [-0.15, -0.1) is 0 Å². The minimum absolute atomic E-state index is 0.0150. The number of halogens is 1. The van der Waals surface area contributed by atoms with Gasteiger partial charge in [0.25, 0.3) is 5.91 Å². The molecule has 0 bridgehead atoms. The number of carbonyl (C=O) groups is 1. The number of hydrogen-bond acceptors (Lipinski definition) is 2. The van der Waals surface area contributed by atoms with Crippen LogP contribution < -0.4 is 5.32 Å². The van der Waals surface area contributed by atoms with Crippen LogP contribution >= 0.6 is 22.6 Å². The third kappa shape index (κ3) is 1.69. The minimum atomic E-state index is -0.266. The van der Waals surface area contributed by atoms with Crippen LogP contribution in [0, 0.1) is 3.57 Å². The zero-order chi connectivity index (χ0) is 9.14. The van der Waals surface area contributed by atoms with Crippen molar-refractivity contribution >= 4 is 28.5 Å². The number of benzene rings is 1. The van der Waals surface area contributed by atoms with Gasteiger partial charge in [0.05, 0.1) is 5.56 Å². The Bertz CT molecular complexity index is 292. The van der Waals surface area contributed by atoms with E-state index in [1.165, 1.54) is 13.1 Å². The fourth-order valence-corrected chi connectivity index (χ4v) is 1.59. The van der Waals surface area contributed by atoms with Crippen LogP contribution in [0.3, 0.4) is 0 Å². The van der Waals surface area contributed by atoms with Crippen molar-refractivity contribution in [2.75, 3.05) is 7.05 Å². The molecule has 1 aromatic rings. The van der Waals surface area contributed by atoms with Crippen molar-refractivity contribution in [1.82, 2.24) is 5.32 Å². The first-order chi connectivity index (χ1) is 5.66. The van der Waals surface area contributed by atoms with Gasteiger partial charge in [0.2, 0.25) is 0 Å². The smallest absolute Gasteiger partial charge is 0.255 e. The number of nitrogens with one attached hydrogen (secondary N) is 1. The van der Waals surface area contributed by atoms with E-state index in [-0.39, 0.29) is 11.7 Å². The normalized spacial score (nSPS) is 9.50. The number of rotatable bonds is 1. The van der Waals surface area contributed by atoms with E-state index >= 15 is 0 Å². The molecule has 1 amide bonds. The summed E-state index contributed by atoms with van der Waals surface area (Å²) < 4.78 is 0.743. The van der Waals surface area contributed by atoms with Crippen LogP contribution in [0.4, 0.5) is 0 Å². The molecule has 2 N–H and O–H groups in total. The molecule has 0 aliphatic heterocycles. The first kappa shape index (κ1) is 9.31. The zero-order valence-corrected chi connectivity index (χ0v) is 8.62. The highest BCUT2D eigenvalue weighted by molar-refractivity contribution is 14.1. The van der Waals surface area contributed by atoms with Gasteiger partial charge in [-0.3, -0.25) is 4.79 Å². The first-order valence-corrected chi connectivity index (χ1v) is 4.44. The van der Waals surface area contributed by atoms with Gasteiger partial charge in [-0.2, -0.15) is 0 Å². The maximum absolute atomic E-state index is 11.2. The molecule has 0 saturated heterocycles. The fraction of sp³-hybridized carbons (Fsp3) is 0.125. The molecule has 4 heteroatoms. The van der Waals surface area contributed by atoms with Crippen molar-refractivity contribution in [1.29, 1.82) is 0 Å². The SMILES string of the molecule is CNC(=O)c1c(O)cccc1I. The van der Waals surface area contributed by atoms with Crippen LogP contribution in [0.5, 0.6) is 5.75 Å². The molecule has 0 fully saturated rings. The molecular formula is C8H8INO2. The van der Waals surface area contributed by atoms with Crippen LogP contribution in [-0.2, 0) is 0 Å². The standard InChI is InChI=1S/C8H8INO2/c1-10-8(12)7-5(9)3-2-4-6(7)11/h2-4,11H,1H3,(H,10,12).